The lowest BCUT2D eigenvalue weighted by molar-refractivity contribution is -0.138. The van der Waals surface area contributed by atoms with Crippen molar-refractivity contribution in [3.63, 3.8) is 0 Å². The Balaban J connectivity index is 2.49. The van der Waals surface area contributed by atoms with Crippen LogP contribution in [0, 0.1) is 0 Å². The number of phenols is 1. The number of para-hydroxylation sites is 1. The number of carboxylic acid groups (broad SMARTS) is 1. The average Bonchev–Trinajstić information content (AvgIpc) is 2.60. The Kier molecular flexibility index (Phi) is 9.58. The van der Waals surface area contributed by atoms with Gasteiger partial charge in [0.25, 0.3) is 0 Å². The van der Waals surface area contributed by atoms with E-state index in [0.29, 0.717) is 24.9 Å². The van der Waals surface area contributed by atoms with Crippen molar-refractivity contribution < 1.29 is 19.8 Å². The fraction of sp³-hybridized carbons (Fsp3) is 0.263. The van der Waals surface area contributed by atoms with Crippen LogP contribution >= 0.6 is 0 Å². The van der Waals surface area contributed by atoms with Crippen molar-refractivity contribution in [2.45, 2.75) is 19.0 Å². The molecule has 0 bridgehead atoms. The smallest absolute Gasteiger partial charge is 0.324 e. The van der Waals surface area contributed by atoms with E-state index in [1.165, 1.54) is 6.07 Å². The van der Waals surface area contributed by atoms with E-state index in [1.54, 1.807) is 42.5 Å². The van der Waals surface area contributed by atoms with E-state index < -0.39 is 18.1 Å². The van der Waals surface area contributed by atoms with E-state index in [0.717, 1.165) is 0 Å². The molecule has 0 aromatic heterocycles. The first-order chi connectivity index (χ1) is 12.1. The Bertz CT molecular complexity index is 638. The number of carbonyl (C=O) groups excluding carboxylic acids is 1. The topological polar surface area (TPSA) is 98.7 Å². The number of aldehydes is 1. The number of carboxylic acids is 1. The molecule has 0 heterocycles. The van der Waals surface area contributed by atoms with Gasteiger partial charge in [0.2, 0.25) is 0 Å². The van der Waals surface area contributed by atoms with Crippen molar-refractivity contribution in [3.8, 4) is 5.75 Å². The van der Waals surface area contributed by atoms with Crippen LogP contribution in [0.2, 0.25) is 0 Å². The van der Waals surface area contributed by atoms with E-state index in [4.69, 9.17) is 0 Å². The Labute approximate surface area is 147 Å². The Morgan fingerprint density at radius 1 is 1.12 bits per heavy atom. The summed E-state index contributed by atoms with van der Waals surface area (Å²) in [5.74, 6) is -0.942. The minimum Gasteiger partial charge on any atom is -0.508 e. The van der Waals surface area contributed by atoms with Gasteiger partial charge in [-0.25, -0.2) is 0 Å². The van der Waals surface area contributed by atoms with Gasteiger partial charge in [0.15, 0.2) is 0 Å². The molecule has 1 rings (SSSR count). The highest BCUT2D eigenvalue weighted by Crippen LogP contribution is 2.21. The average molecular weight is 344 g/mol. The number of aliphatic carboxylic acids is 1. The van der Waals surface area contributed by atoms with Crippen molar-refractivity contribution in [1.82, 2.24) is 10.6 Å². The molecule has 0 radical (unpaired) electrons. The van der Waals surface area contributed by atoms with E-state index in [9.17, 15) is 19.8 Å². The number of allylic oxidation sites excluding steroid dienone is 5. The molecule has 1 aromatic carbocycles. The zero-order valence-electron chi connectivity index (χ0n) is 14.1. The van der Waals surface area contributed by atoms with Crippen LogP contribution in [-0.2, 0) is 9.59 Å². The Morgan fingerprint density at radius 2 is 1.80 bits per heavy atom. The van der Waals surface area contributed by atoms with Crippen LogP contribution in [0.1, 0.15) is 18.5 Å². The molecule has 134 valence electrons. The lowest BCUT2D eigenvalue weighted by Gasteiger charge is -2.16. The summed E-state index contributed by atoms with van der Waals surface area (Å²) in [6.45, 7) is 2.60. The van der Waals surface area contributed by atoms with Crippen LogP contribution in [0.5, 0.6) is 5.75 Å². The second kappa shape index (κ2) is 11.8. The summed E-state index contributed by atoms with van der Waals surface area (Å²) in [5, 5.41) is 24.8. The van der Waals surface area contributed by atoms with E-state index in [-0.39, 0.29) is 5.75 Å². The molecular formula is C19H24N2O4. The lowest BCUT2D eigenvalue weighted by Crippen LogP contribution is -2.39. The molecule has 2 atom stereocenters. The number of hydrogen-bond donors (Lipinski definition) is 4. The zero-order chi connectivity index (χ0) is 18.5. The quantitative estimate of drug-likeness (QED) is 0.278. The molecule has 0 aliphatic rings. The molecule has 0 aliphatic heterocycles. The normalized spacial score (nSPS) is 14.3. The number of benzene rings is 1. The first kappa shape index (κ1) is 20.3. The first-order valence-electron chi connectivity index (χ1n) is 7.99. The fourth-order valence-corrected chi connectivity index (χ4v) is 2.09. The highest BCUT2D eigenvalue weighted by atomic mass is 16.4. The molecule has 0 saturated heterocycles. The number of phenolic OH excluding ortho intramolecular Hbond substituents is 1. The van der Waals surface area contributed by atoms with Gasteiger partial charge in [0.05, 0.1) is 6.04 Å². The van der Waals surface area contributed by atoms with Gasteiger partial charge in [-0.05, 0) is 13.0 Å². The van der Waals surface area contributed by atoms with Crippen LogP contribution in [0.25, 0.3) is 0 Å². The number of hydrogen-bond acceptors (Lipinski definition) is 5. The van der Waals surface area contributed by atoms with E-state index in [1.807, 2.05) is 19.1 Å². The van der Waals surface area contributed by atoms with Gasteiger partial charge in [-0.2, -0.15) is 0 Å². The van der Waals surface area contributed by atoms with Gasteiger partial charge in [0.1, 0.15) is 18.1 Å². The molecule has 0 aliphatic carbocycles. The third kappa shape index (κ3) is 7.60. The standard InChI is InChI=1S/C19H24N2O4/c1-2-3-4-5-6-10-16(19(24)25)20-12-13-21-17(14-22)15-9-7-8-11-18(15)23/h2-11,14,16-17,20-21,23H,12-13H2,1H3,(H,24,25)/b3-2-,5-4-,10-6+. The molecule has 0 spiro atoms. The van der Waals surface area contributed by atoms with Crippen LogP contribution in [0.3, 0.4) is 0 Å². The summed E-state index contributed by atoms with van der Waals surface area (Å²) in [6.07, 6.45) is 11.2. The predicted octanol–water partition coefficient (Wildman–Crippen LogP) is 1.95. The molecule has 0 saturated carbocycles. The summed E-state index contributed by atoms with van der Waals surface area (Å²) in [6, 6.07) is 5.12. The van der Waals surface area contributed by atoms with Gasteiger partial charge < -0.3 is 20.3 Å². The molecule has 2 unspecified atom stereocenters. The third-order valence-corrected chi connectivity index (χ3v) is 3.36. The molecule has 6 heteroatoms. The molecular weight excluding hydrogens is 320 g/mol. The van der Waals surface area contributed by atoms with Crippen molar-refractivity contribution in [3.05, 3.63) is 66.3 Å². The predicted molar refractivity (Wildman–Crippen MR) is 97.4 cm³/mol. The van der Waals surface area contributed by atoms with Gasteiger partial charge in [-0.1, -0.05) is 54.7 Å². The van der Waals surface area contributed by atoms with Crippen LogP contribution < -0.4 is 10.6 Å². The maximum atomic E-state index is 11.2. The molecule has 1 aromatic rings. The van der Waals surface area contributed by atoms with Crippen LogP contribution in [-0.4, -0.2) is 41.6 Å². The second-order valence-corrected chi connectivity index (χ2v) is 5.19. The molecule has 6 nitrogen and oxygen atoms in total. The minimum atomic E-state index is -0.983. The molecule has 25 heavy (non-hydrogen) atoms. The number of rotatable bonds is 11. The molecule has 0 fully saturated rings. The summed E-state index contributed by atoms with van der Waals surface area (Å²) in [5.41, 5.74) is 0.487. The number of aromatic hydroxyl groups is 1. The molecule has 4 N–H and O–H groups in total. The van der Waals surface area contributed by atoms with Crippen molar-refractivity contribution in [2.75, 3.05) is 13.1 Å². The lowest BCUT2D eigenvalue weighted by atomic mass is 10.1. The monoisotopic (exact) mass is 344 g/mol. The summed E-state index contributed by atoms with van der Waals surface area (Å²) >= 11 is 0. The van der Waals surface area contributed by atoms with Gasteiger partial charge in [-0.15, -0.1) is 0 Å². The van der Waals surface area contributed by atoms with Crippen LogP contribution in [0.15, 0.2) is 60.7 Å². The maximum absolute atomic E-state index is 11.2. The largest absolute Gasteiger partial charge is 0.508 e. The Hall–Kier alpha value is -2.70. The summed E-state index contributed by atoms with van der Waals surface area (Å²) in [4.78, 5) is 22.4. The third-order valence-electron chi connectivity index (χ3n) is 3.36. The fourth-order valence-electron chi connectivity index (χ4n) is 2.09. The maximum Gasteiger partial charge on any atom is 0.324 e. The van der Waals surface area contributed by atoms with E-state index >= 15 is 0 Å². The van der Waals surface area contributed by atoms with Gasteiger partial charge in [0, 0.05) is 18.7 Å². The SMILES string of the molecule is C\C=C/C=C\C=C\C(NCCNC(C=O)c1ccccc1O)C(=O)O. The van der Waals surface area contributed by atoms with Gasteiger partial charge >= 0.3 is 5.97 Å². The second-order valence-electron chi connectivity index (χ2n) is 5.19. The highest BCUT2D eigenvalue weighted by molar-refractivity contribution is 5.75. The number of nitrogens with one attached hydrogen (secondary N) is 2. The van der Waals surface area contributed by atoms with Crippen molar-refractivity contribution >= 4 is 12.3 Å². The zero-order valence-corrected chi connectivity index (χ0v) is 14.1. The number of carbonyl (C=O) groups is 2. The Morgan fingerprint density at radius 3 is 2.44 bits per heavy atom. The van der Waals surface area contributed by atoms with Gasteiger partial charge in [-0.3, -0.25) is 10.1 Å². The van der Waals surface area contributed by atoms with Crippen LogP contribution in [0.4, 0.5) is 0 Å². The van der Waals surface area contributed by atoms with Crippen molar-refractivity contribution in [1.29, 1.82) is 0 Å². The van der Waals surface area contributed by atoms with E-state index in [2.05, 4.69) is 10.6 Å². The summed E-state index contributed by atoms with van der Waals surface area (Å²) in [7, 11) is 0. The highest BCUT2D eigenvalue weighted by Gasteiger charge is 2.15. The molecule has 0 amide bonds. The minimum absolute atomic E-state index is 0.0410. The summed E-state index contributed by atoms with van der Waals surface area (Å²) < 4.78 is 0. The van der Waals surface area contributed by atoms with Crippen molar-refractivity contribution in [2.24, 2.45) is 0 Å². The first-order valence-corrected chi connectivity index (χ1v) is 7.99.